The van der Waals surface area contributed by atoms with Crippen LogP contribution in [0.4, 0.5) is 0 Å². The lowest BCUT2D eigenvalue weighted by atomic mass is 9.92. The van der Waals surface area contributed by atoms with Gasteiger partial charge in [-0.2, -0.15) is 0 Å². The number of ether oxygens (including phenoxy) is 1. The van der Waals surface area contributed by atoms with E-state index in [1.54, 1.807) is 0 Å². The molecule has 134 valence electrons. The highest BCUT2D eigenvalue weighted by Crippen LogP contribution is 2.20. The molecule has 0 radical (unpaired) electrons. The fourth-order valence-electron chi connectivity index (χ4n) is 3.70. The summed E-state index contributed by atoms with van der Waals surface area (Å²) in [7, 11) is 0. The Morgan fingerprint density at radius 1 is 1.21 bits per heavy atom. The van der Waals surface area contributed by atoms with Gasteiger partial charge >= 0.3 is 0 Å². The van der Waals surface area contributed by atoms with Crippen molar-refractivity contribution in [2.24, 2.45) is 5.92 Å². The quantitative estimate of drug-likeness (QED) is 0.834. The van der Waals surface area contributed by atoms with Crippen LogP contribution in [-0.2, 0) is 4.74 Å². The molecule has 0 aromatic heterocycles. The van der Waals surface area contributed by atoms with E-state index in [2.05, 4.69) is 37.1 Å². The summed E-state index contributed by atoms with van der Waals surface area (Å²) in [5, 5.41) is 3.18. The van der Waals surface area contributed by atoms with Gasteiger partial charge in [-0.15, -0.1) is 0 Å². The first-order valence-corrected chi connectivity index (χ1v) is 9.24. The van der Waals surface area contributed by atoms with Crippen molar-refractivity contribution in [3.63, 3.8) is 0 Å². The van der Waals surface area contributed by atoms with Crippen LogP contribution in [0.3, 0.4) is 0 Å². The van der Waals surface area contributed by atoms with Crippen molar-refractivity contribution in [3.05, 3.63) is 34.9 Å². The molecule has 1 amide bonds. The molecule has 1 aromatic rings. The number of benzene rings is 1. The van der Waals surface area contributed by atoms with Gasteiger partial charge in [-0.3, -0.25) is 9.69 Å². The predicted octanol–water partition coefficient (Wildman–Crippen LogP) is 3.17. The van der Waals surface area contributed by atoms with Crippen LogP contribution in [0.1, 0.15) is 48.2 Å². The Bertz CT molecular complexity index is 534. The molecule has 0 unspecified atom stereocenters. The smallest absolute Gasteiger partial charge is 0.251 e. The minimum Gasteiger partial charge on any atom is -0.379 e. The third kappa shape index (κ3) is 4.81. The Balaban J connectivity index is 2.04. The third-order valence-corrected chi connectivity index (χ3v) is 5.21. The van der Waals surface area contributed by atoms with Gasteiger partial charge in [0.25, 0.3) is 5.91 Å². The summed E-state index contributed by atoms with van der Waals surface area (Å²) < 4.78 is 5.49. The van der Waals surface area contributed by atoms with E-state index in [-0.39, 0.29) is 5.91 Å². The first-order chi connectivity index (χ1) is 11.6. The first-order valence-electron chi connectivity index (χ1n) is 9.24. The summed E-state index contributed by atoms with van der Waals surface area (Å²) in [6.45, 7) is 12.8. The Labute approximate surface area is 146 Å². The van der Waals surface area contributed by atoms with Crippen molar-refractivity contribution in [1.29, 1.82) is 0 Å². The van der Waals surface area contributed by atoms with Crippen molar-refractivity contribution >= 4 is 5.91 Å². The zero-order chi connectivity index (χ0) is 17.5. The second kappa shape index (κ2) is 9.19. The normalized spacial score (nSPS) is 17.0. The summed E-state index contributed by atoms with van der Waals surface area (Å²) in [5.41, 5.74) is 3.01. The molecule has 1 aliphatic heterocycles. The standard InChI is InChI=1S/C20H32N2O2/c1-5-17(6-2)19(22-9-11-24-12-10-22)14-21-20(23)18-8-7-15(3)13-16(18)4/h7-8,13,17,19H,5-6,9-12,14H2,1-4H3,(H,21,23)/t19-/m1/s1. The lowest BCUT2D eigenvalue weighted by Crippen LogP contribution is -2.52. The maximum Gasteiger partial charge on any atom is 0.251 e. The maximum atomic E-state index is 12.6. The molecule has 0 spiro atoms. The maximum absolute atomic E-state index is 12.6. The molecule has 0 saturated carbocycles. The van der Waals surface area contributed by atoms with Gasteiger partial charge in [-0.05, 0) is 31.4 Å². The van der Waals surface area contributed by atoms with Crippen molar-refractivity contribution in [2.45, 2.75) is 46.6 Å². The molecule has 0 bridgehead atoms. The van der Waals surface area contributed by atoms with Crippen molar-refractivity contribution < 1.29 is 9.53 Å². The van der Waals surface area contributed by atoms with Gasteiger partial charge in [0.05, 0.1) is 13.2 Å². The van der Waals surface area contributed by atoms with Crippen LogP contribution in [-0.4, -0.2) is 49.7 Å². The van der Waals surface area contributed by atoms with Gasteiger partial charge in [0, 0.05) is 31.2 Å². The number of morpholine rings is 1. The van der Waals surface area contributed by atoms with Crippen molar-refractivity contribution in [3.8, 4) is 0 Å². The van der Waals surface area contributed by atoms with Gasteiger partial charge in [0.15, 0.2) is 0 Å². The molecule has 0 aliphatic carbocycles. The summed E-state index contributed by atoms with van der Waals surface area (Å²) in [6, 6.07) is 6.39. The minimum absolute atomic E-state index is 0.0386. The summed E-state index contributed by atoms with van der Waals surface area (Å²) in [6.07, 6.45) is 2.27. The molecule has 1 atom stereocenters. The SMILES string of the molecule is CCC(CC)[C@@H](CNC(=O)c1ccc(C)cc1C)N1CCOCC1. The molecule has 1 aliphatic rings. The van der Waals surface area contributed by atoms with Gasteiger partial charge in [0.2, 0.25) is 0 Å². The van der Waals surface area contributed by atoms with E-state index in [1.807, 2.05) is 19.1 Å². The Kier molecular flexibility index (Phi) is 7.25. The number of carbonyl (C=O) groups is 1. The largest absolute Gasteiger partial charge is 0.379 e. The highest BCUT2D eigenvalue weighted by molar-refractivity contribution is 5.95. The highest BCUT2D eigenvalue weighted by Gasteiger charge is 2.27. The topological polar surface area (TPSA) is 41.6 Å². The van der Waals surface area contributed by atoms with E-state index in [4.69, 9.17) is 4.74 Å². The van der Waals surface area contributed by atoms with E-state index in [9.17, 15) is 4.79 Å². The van der Waals surface area contributed by atoms with E-state index in [0.29, 0.717) is 18.5 Å². The van der Waals surface area contributed by atoms with Gasteiger partial charge < -0.3 is 10.1 Å². The van der Waals surface area contributed by atoms with E-state index >= 15 is 0 Å². The Morgan fingerprint density at radius 2 is 1.88 bits per heavy atom. The zero-order valence-electron chi connectivity index (χ0n) is 15.6. The Hall–Kier alpha value is -1.39. The Morgan fingerprint density at radius 3 is 2.46 bits per heavy atom. The van der Waals surface area contributed by atoms with Crippen LogP contribution in [0.5, 0.6) is 0 Å². The van der Waals surface area contributed by atoms with Crippen LogP contribution in [0.25, 0.3) is 0 Å². The lowest BCUT2D eigenvalue weighted by Gasteiger charge is -2.38. The molecule has 1 heterocycles. The van der Waals surface area contributed by atoms with Crippen molar-refractivity contribution in [1.82, 2.24) is 10.2 Å². The van der Waals surface area contributed by atoms with Crippen LogP contribution < -0.4 is 5.32 Å². The van der Waals surface area contributed by atoms with Crippen molar-refractivity contribution in [2.75, 3.05) is 32.8 Å². The first kappa shape index (κ1) is 18.9. The molecule has 1 aromatic carbocycles. The third-order valence-electron chi connectivity index (χ3n) is 5.21. The number of amides is 1. The second-order valence-corrected chi connectivity index (χ2v) is 6.82. The van der Waals surface area contributed by atoms with E-state index in [1.165, 1.54) is 5.56 Å². The monoisotopic (exact) mass is 332 g/mol. The summed E-state index contributed by atoms with van der Waals surface area (Å²) in [4.78, 5) is 15.1. The van der Waals surface area contributed by atoms with Crippen LogP contribution >= 0.6 is 0 Å². The number of hydrogen-bond donors (Lipinski definition) is 1. The molecule has 24 heavy (non-hydrogen) atoms. The van der Waals surface area contributed by atoms with Gasteiger partial charge in [0.1, 0.15) is 0 Å². The number of rotatable bonds is 7. The number of hydrogen-bond acceptors (Lipinski definition) is 3. The minimum atomic E-state index is 0.0386. The average Bonchev–Trinajstić information content (AvgIpc) is 2.59. The number of carbonyl (C=O) groups excluding carboxylic acids is 1. The highest BCUT2D eigenvalue weighted by atomic mass is 16.5. The van der Waals surface area contributed by atoms with E-state index < -0.39 is 0 Å². The fraction of sp³-hybridized carbons (Fsp3) is 0.650. The number of nitrogens with one attached hydrogen (secondary N) is 1. The average molecular weight is 332 g/mol. The predicted molar refractivity (Wildman–Crippen MR) is 98.5 cm³/mol. The molecular formula is C20H32N2O2. The van der Waals surface area contributed by atoms with E-state index in [0.717, 1.165) is 50.3 Å². The second-order valence-electron chi connectivity index (χ2n) is 6.82. The van der Waals surface area contributed by atoms with Crippen LogP contribution in [0.2, 0.25) is 0 Å². The molecule has 4 nitrogen and oxygen atoms in total. The molecule has 1 saturated heterocycles. The zero-order valence-corrected chi connectivity index (χ0v) is 15.6. The van der Waals surface area contributed by atoms with Crippen LogP contribution in [0, 0.1) is 19.8 Å². The molecule has 1 N–H and O–H groups in total. The number of nitrogens with zero attached hydrogens (tertiary/aromatic N) is 1. The van der Waals surface area contributed by atoms with Gasteiger partial charge in [-0.25, -0.2) is 0 Å². The van der Waals surface area contributed by atoms with Crippen LogP contribution in [0.15, 0.2) is 18.2 Å². The molecule has 2 rings (SSSR count). The number of aryl methyl sites for hydroxylation is 2. The molecule has 1 fully saturated rings. The summed E-state index contributed by atoms with van der Waals surface area (Å²) in [5.74, 6) is 0.638. The molecule has 4 heteroatoms. The lowest BCUT2D eigenvalue weighted by molar-refractivity contribution is 0.00191. The molecular weight excluding hydrogens is 300 g/mol. The summed E-state index contributed by atoms with van der Waals surface area (Å²) >= 11 is 0. The van der Waals surface area contributed by atoms with Gasteiger partial charge in [-0.1, -0.05) is 44.4 Å². The fourth-order valence-corrected chi connectivity index (χ4v) is 3.70.